The summed E-state index contributed by atoms with van der Waals surface area (Å²) in [5, 5.41) is 13.5. The standard InChI is InChI=1S/C17H33NO/c1-2-6-15-7-5-8-16(10-9-15)18-13-17(14-19)11-3-4-12-17/h15-16,18-19H,2-14H2,1H3. The first-order chi connectivity index (χ1) is 9.28. The fourth-order valence-electron chi connectivity index (χ4n) is 4.16. The molecular formula is C17H33NO. The van der Waals surface area contributed by atoms with Gasteiger partial charge in [-0.1, -0.05) is 45.4 Å². The zero-order chi connectivity index (χ0) is 13.6. The number of hydrogen-bond acceptors (Lipinski definition) is 2. The zero-order valence-electron chi connectivity index (χ0n) is 12.8. The molecular weight excluding hydrogens is 234 g/mol. The molecule has 0 saturated heterocycles. The molecule has 2 heteroatoms. The highest BCUT2D eigenvalue weighted by molar-refractivity contribution is 4.87. The molecule has 0 aromatic rings. The second-order valence-electron chi connectivity index (χ2n) is 7.11. The zero-order valence-corrected chi connectivity index (χ0v) is 12.8. The molecule has 0 bridgehead atoms. The first-order valence-corrected chi connectivity index (χ1v) is 8.62. The third-order valence-corrected chi connectivity index (χ3v) is 5.55. The molecule has 0 aromatic carbocycles. The minimum Gasteiger partial charge on any atom is -0.396 e. The largest absolute Gasteiger partial charge is 0.396 e. The summed E-state index contributed by atoms with van der Waals surface area (Å²) in [4.78, 5) is 0. The van der Waals surface area contributed by atoms with Gasteiger partial charge in [0.2, 0.25) is 0 Å². The van der Waals surface area contributed by atoms with E-state index in [4.69, 9.17) is 0 Å². The highest BCUT2D eigenvalue weighted by Gasteiger charge is 2.33. The van der Waals surface area contributed by atoms with Gasteiger partial charge in [0.25, 0.3) is 0 Å². The maximum absolute atomic E-state index is 9.67. The van der Waals surface area contributed by atoms with Crippen LogP contribution < -0.4 is 5.32 Å². The van der Waals surface area contributed by atoms with E-state index in [9.17, 15) is 5.11 Å². The number of aliphatic hydroxyl groups excluding tert-OH is 1. The summed E-state index contributed by atoms with van der Waals surface area (Å²) in [5.41, 5.74) is 0.217. The Bertz CT molecular complexity index is 248. The Morgan fingerprint density at radius 3 is 2.53 bits per heavy atom. The van der Waals surface area contributed by atoms with Crippen molar-refractivity contribution in [3.05, 3.63) is 0 Å². The average molecular weight is 267 g/mol. The Morgan fingerprint density at radius 2 is 1.84 bits per heavy atom. The van der Waals surface area contributed by atoms with Crippen LogP contribution in [0.2, 0.25) is 0 Å². The smallest absolute Gasteiger partial charge is 0.0499 e. The molecule has 2 rings (SSSR count). The van der Waals surface area contributed by atoms with E-state index in [0.717, 1.165) is 12.5 Å². The van der Waals surface area contributed by atoms with Crippen LogP contribution in [0, 0.1) is 11.3 Å². The Morgan fingerprint density at radius 1 is 1.05 bits per heavy atom. The van der Waals surface area contributed by atoms with Crippen molar-refractivity contribution < 1.29 is 5.11 Å². The third kappa shape index (κ3) is 4.46. The van der Waals surface area contributed by atoms with Crippen molar-refractivity contribution in [2.24, 2.45) is 11.3 Å². The Balaban J connectivity index is 1.73. The molecule has 19 heavy (non-hydrogen) atoms. The first kappa shape index (κ1) is 15.3. The van der Waals surface area contributed by atoms with Gasteiger partial charge in [0.05, 0.1) is 0 Å². The lowest BCUT2D eigenvalue weighted by Gasteiger charge is -2.29. The SMILES string of the molecule is CCCC1CCCC(NCC2(CO)CCCC2)CC1. The van der Waals surface area contributed by atoms with Crippen LogP contribution in [0.3, 0.4) is 0 Å². The van der Waals surface area contributed by atoms with Crippen LogP contribution in [-0.2, 0) is 0 Å². The van der Waals surface area contributed by atoms with E-state index in [1.165, 1.54) is 70.6 Å². The highest BCUT2D eigenvalue weighted by atomic mass is 16.3. The lowest BCUT2D eigenvalue weighted by Crippen LogP contribution is -2.40. The van der Waals surface area contributed by atoms with Gasteiger partial charge in [-0.15, -0.1) is 0 Å². The molecule has 0 radical (unpaired) electrons. The number of nitrogens with one attached hydrogen (secondary N) is 1. The molecule has 112 valence electrons. The second-order valence-corrected chi connectivity index (χ2v) is 7.11. The lowest BCUT2D eigenvalue weighted by atomic mass is 9.86. The molecule has 0 heterocycles. The molecule has 2 aliphatic carbocycles. The molecule has 2 nitrogen and oxygen atoms in total. The molecule has 0 aliphatic heterocycles. The van der Waals surface area contributed by atoms with E-state index in [0.29, 0.717) is 12.6 Å². The second kappa shape index (κ2) is 7.64. The Labute approximate surface area is 119 Å². The fraction of sp³-hybridized carbons (Fsp3) is 1.00. The fourth-order valence-corrected chi connectivity index (χ4v) is 4.16. The molecule has 2 saturated carbocycles. The summed E-state index contributed by atoms with van der Waals surface area (Å²) in [7, 11) is 0. The van der Waals surface area contributed by atoms with Crippen LogP contribution in [0.5, 0.6) is 0 Å². The van der Waals surface area contributed by atoms with Gasteiger partial charge < -0.3 is 10.4 Å². The molecule has 2 unspecified atom stereocenters. The van der Waals surface area contributed by atoms with Gasteiger partial charge in [-0.25, -0.2) is 0 Å². The minimum atomic E-state index is 0.217. The van der Waals surface area contributed by atoms with Crippen LogP contribution in [0.25, 0.3) is 0 Å². The summed E-state index contributed by atoms with van der Waals surface area (Å²) in [5.74, 6) is 0.982. The average Bonchev–Trinajstić information content (AvgIpc) is 2.79. The van der Waals surface area contributed by atoms with Gasteiger partial charge >= 0.3 is 0 Å². The normalized spacial score (nSPS) is 31.3. The molecule has 0 aromatic heterocycles. The summed E-state index contributed by atoms with van der Waals surface area (Å²) >= 11 is 0. The highest BCUT2D eigenvalue weighted by Crippen LogP contribution is 2.37. The maximum Gasteiger partial charge on any atom is 0.0499 e. The Kier molecular flexibility index (Phi) is 6.15. The van der Waals surface area contributed by atoms with E-state index in [1.54, 1.807) is 0 Å². The predicted molar refractivity (Wildman–Crippen MR) is 81.3 cm³/mol. The van der Waals surface area contributed by atoms with Crippen LogP contribution in [0.1, 0.15) is 77.6 Å². The van der Waals surface area contributed by atoms with Crippen molar-refractivity contribution in [1.29, 1.82) is 0 Å². The van der Waals surface area contributed by atoms with Crippen molar-refractivity contribution in [3.63, 3.8) is 0 Å². The topological polar surface area (TPSA) is 32.3 Å². The van der Waals surface area contributed by atoms with E-state index < -0.39 is 0 Å². The number of hydrogen-bond donors (Lipinski definition) is 2. The van der Waals surface area contributed by atoms with E-state index in [2.05, 4.69) is 12.2 Å². The summed E-state index contributed by atoms with van der Waals surface area (Å²) in [6.45, 7) is 3.74. The van der Waals surface area contributed by atoms with Crippen molar-refractivity contribution in [3.8, 4) is 0 Å². The predicted octanol–water partition coefficient (Wildman–Crippen LogP) is 3.88. The van der Waals surface area contributed by atoms with Crippen LogP contribution in [-0.4, -0.2) is 24.3 Å². The van der Waals surface area contributed by atoms with Gasteiger partial charge in [0, 0.05) is 24.6 Å². The summed E-state index contributed by atoms with van der Waals surface area (Å²) in [6.07, 6.45) is 14.8. The molecule has 0 spiro atoms. The van der Waals surface area contributed by atoms with Gasteiger partial charge in [0.1, 0.15) is 0 Å². The number of rotatable bonds is 6. The van der Waals surface area contributed by atoms with Crippen LogP contribution in [0.15, 0.2) is 0 Å². The lowest BCUT2D eigenvalue weighted by molar-refractivity contribution is 0.123. The molecule has 2 aliphatic rings. The van der Waals surface area contributed by atoms with E-state index in [1.807, 2.05) is 0 Å². The molecule has 2 N–H and O–H groups in total. The number of aliphatic hydroxyl groups is 1. The quantitative estimate of drug-likeness (QED) is 0.716. The van der Waals surface area contributed by atoms with E-state index >= 15 is 0 Å². The van der Waals surface area contributed by atoms with Gasteiger partial charge in [-0.2, -0.15) is 0 Å². The first-order valence-electron chi connectivity index (χ1n) is 8.62. The summed E-state index contributed by atoms with van der Waals surface area (Å²) < 4.78 is 0. The molecule has 0 amide bonds. The van der Waals surface area contributed by atoms with Gasteiger partial charge in [-0.05, 0) is 38.0 Å². The van der Waals surface area contributed by atoms with Gasteiger partial charge in [-0.3, -0.25) is 0 Å². The van der Waals surface area contributed by atoms with Crippen molar-refractivity contribution in [2.45, 2.75) is 83.6 Å². The maximum atomic E-state index is 9.67. The Hall–Kier alpha value is -0.0800. The van der Waals surface area contributed by atoms with Crippen molar-refractivity contribution >= 4 is 0 Å². The summed E-state index contributed by atoms with van der Waals surface area (Å²) in [6, 6.07) is 0.714. The third-order valence-electron chi connectivity index (χ3n) is 5.55. The van der Waals surface area contributed by atoms with Crippen molar-refractivity contribution in [1.82, 2.24) is 5.32 Å². The van der Waals surface area contributed by atoms with Crippen molar-refractivity contribution in [2.75, 3.05) is 13.2 Å². The van der Waals surface area contributed by atoms with E-state index in [-0.39, 0.29) is 5.41 Å². The van der Waals surface area contributed by atoms with Crippen LogP contribution >= 0.6 is 0 Å². The van der Waals surface area contributed by atoms with Gasteiger partial charge in [0.15, 0.2) is 0 Å². The monoisotopic (exact) mass is 267 g/mol. The molecule has 2 fully saturated rings. The van der Waals surface area contributed by atoms with Crippen LogP contribution in [0.4, 0.5) is 0 Å². The molecule has 2 atom stereocenters. The minimum absolute atomic E-state index is 0.217.